The van der Waals surface area contributed by atoms with Gasteiger partial charge in [0.25, 0.3) is 0 Å². The zero-order valence-corrected chi connectivity index (χ0v) is 20.2. The van der Waals surface area contributed by atoms with Crippen molar-refractivity contribution in [3.63, 3.8) is 0 Å². The third kappa shape index (κ3) is 7.59. The van der Waals surface area contributed by atoms with Crippen LogP contribution in [0, 0.1) is 0 Å². The van der Waals surface area contributed by atoms with E-state index >= 15 is 0 Å². The highest BCUT2D eigenvalue weighted by molar-refractivity contribution is 14.0. The Labute approximate surface area is 196 Å². The minimum atomic E-state index is -0.665. The van der Waals surface area contributed by atoms with Crippen molar-refractivity contribution in [3.8, 4) is 5.75 Å². The molecule has 3 rings (SSSR count). The Morgan fingerprint density at radius 3 is 2.47 bits per heavy atom. The summed E-state index contributed by atoms with van der Waals surface area (Å²) in [6, 6.07) is 7.81. The number of nitrogens with zero attached hydrogens (tertiary/aromatic N) is 3. The van der Waals surface area contributed by atoms with Crippen molar-refractivity contribution in [2.75, 3.05) is 52.9 Å². The van der Waals surface area contributed by atoms with E-state index in [1.807, 2.05) is 31.2 Å². The second-order valence-corrected chi connectivity index (χ2v) is 7.59. The Hall–Kier alpha value is -1.59. The average molecular weight is 531 g/mol. The van der Waals surface area contributed by atoms with Gasteiger partial charge in [0, 0.05) is 38.8 Å². The van der Waals surface area contributed by atoms with Gasteiger partial charge < -0.3 is 25.4 Å². The fraction of sp³-hybridized carbons (Fsp3) is 0.619. The summed E-state index contributed by atoms with van der Waals surface area (Å²) >= 11 is 0. The summed E-state index contributed by atoms with van der Waals surface area (Å²) in [5.74, 6) is 1.70. The van der Waals surface area contributed by atoms with Crippen LogP contribution < -0.4 is 15.4 Å². The molecule has 0 spiro atoms. The Balaban J connectivity index is 0.00000320. The van der Waals surface area contributed by atoms with Gasteiger partial charge >= 0.3 is 0 Å². The summed E-state index contributed by atoms with van der Waals surface area (Å²) in [5.41, 5.74) is 0.817. The van der Waals surface area contributed by atoms with E-state index in [2.05, 4.69) is 25.4 Å². The number of ether oxygens (including phenoxy) is 1. The van der Waals surface area contributed by atoms with Crippen LogP contribution in [0.4, 0.5) is 0 Å². The SMILES string of the molecule is CCNC(=NCC(O)c1ccc(OC)cc1)N1CCN(CC(=O)NC2CC2)CC1.I. The zero-order valence-electron chi connectivity index (χ0n) is 17.8. The quantitative estimate of drug-likeness (QED) is 0.266. The van der Waals surface area contributed by atoms with Crippen molar-refractivity contribution in [2.45, 2.75) is 31.9 Å². The molecule has 1 aliphatic carbocycles. The molecule has 0 radical (unpaired) electrons. The molecule has 1 aromatic rings. The maximum absolute atomic E-state index is 12.0. The van der Waals surface area contributed by atoms with Gasteiger partial charge in [0.05, 0.1) is 26.3 Å². The average Bonchev–Trinajstić information content (AvgIpc) is 3.55. The Bertz CT molecular complexity index is 688. The molecule has 1 aromatic carbocycles. The third-order valence-electron chi connectivity index (χ3n) is 5.23. The molecule has 168 valence electrons. The number of hydrogen-bond acceptors (Lipinski definition) is 5. The number of piperazine rings is 1. The van der Waals surface area contributed by atoms with Crippen LogP contribution in [0.25, 0.3) is 0 Å². The van der Waals surface area contributed by atoms with Gasteiger partial charge in [0.15, 0.2) is 5.96 Å². The van der Waals surface area contributed by atoms with Gasteiger partial charge in [-0.2, -0.15) is 0 Å². The number of benzene rings is 1. The standard InChI is InChI=1S/C21H33N5O3.HI/c1-3-22-21(23-14-19(27)16-4-8-18(29-2)9-5-16)26-12-10-25(11-13-26)15-20(28)24-17-6-7-17;/h4-5,8-9,17,19,27H,3,6-7,10-15H2,1-2H3,(H,22,23)(H,24,28);1H. The molecule has 1 amide bonds. The predicted molar refractivity (Wildman–Crippen MR) is 129 cm³/mol. The van der Waals surface area contributed by atoms with E-state index < -0.39 is 6.10 Å². The van der Waals surface area contributed by atoms with Crippen molar-refractivity contribution in [2.24, 2.45) is 4.99 Å². The lowest BCUT2D eigenvalue weighted by atomic mass is 10.1. The fourth-order valence-corrected chi connectivity index (χ4v) is 3.35. The summed E-state index contributed by atoms with van der Waals surface area (Å²) in [6.07, 6.45) is 1.57. The monoisotopic (exact) mass is 531 g/mol. The van der Waals surface area contributed by atoms with E-state index in [9.17, 15) is 9.90 Å². The Kier molecular flexibility index (Phi) is 10.1. The molecule has 9 heteroatoms. The maximum Gasteiger partial charge on any atom is 0.234 e. The number of methoxy groups -OCH3 is 1. The topological polar surface area (TPSA) is 89.4 Å². The first-order valence-corrected chi connectivity index (χ1v) is 10.5. The lowest BCUT2D eigenvalue weighted by molar-refractivity contribution is -0.122. The highest BCUT2D eigenvalue weighted by Gasteiger charge is 2.26. The fourth-order valence-electron chi connectivity index (χ4n) is 3.35. The van der Waals surface area contributed by atoms with Crippen LogP contribution in [0.15, 0.2) is 29.3 Å². The number of nitrogens with one attached hydrogen (secondary N) is 2. The first-order chi connectivity index (χ1) is 14.1. The van der Waals surface area contributed by atoms with Crippen LogP contribution in [-0.4, -0.2) is 85.7 Å². The van der Waals surface area contributed by atoms with Gasteiger partial charge in [0.2, 0.25) is 5.91 Å². The molecular formula is C21H34IN5O3. The Morgan fingerprint density at radius 1 is 1.23 bits per heavy atom. The molecule has 2 aliphatic rings. The number of carbonyl (C=O) groups is 1. The molecule has 1 unspecified atom stereocenters. The number of halogens is 1. The molecule has 3 N–H and O–H groups in total. The van der Waals surface area contributed by atoms with Crippen molar-refractivity contribution in [3.05, 3.63) is 29.8 Å². The van der Waals surface area contributed by atoms with Crippen LogP contribution in [0.3, 0.4) is 0 Å². The van der Waals surface area contributed by atoms with Crippen molar-refractivity contribution >= 4 is 35.8 Å². The molecule has 0 aromatic heterocycles. The molecule has 30 heavy (non-hydrogen) atoms. The summed E-state index contributed by atoms with van der Waals surface area (Å²) in [5, 5.41) is 16.8. The predicted octanol–water partition coefficient (Wildman–Crippen LogP) is 1.21. The van der Waals surface area contributed by atoms with Gasteiger partial charge in [-0.1, -0.05) is 12.1 Å². The van der Waals surface area contributed by atoms with Gasteiger partial charge in [-0.25, -0.2) is 0 Å². The largest absolute Gasteiger partial charge is 0.497 e. The number of aliphatic imine (C=N–C) groups is 1. The lowest BCUT2D eigenvalue weighted by Gasteiger charge is -2.36. The Morgan fingerprint density at radius 2 is 1.90 bits per heavy atom. The summed E-state index contributed by atoms with van der Waals surface area (Å²) in [7, 11) is 1.62. The second kappa shape index (κ2) is 12.3. The molecule has 1 saturated carbocycles. The van der Waals surface area contributed by atoms with Crippen molar-refractivity contribution in [1.82, 2.24) is 20.4 Å². The number of aliphatic hydroxyl groups is 1. The van der Waals surface area contributed by atoms with Gasteiger partial charge in [0.1, 0.15) is 5.75 Å². The van der Waals surface area contributed by atoms with E-state index in [4.69, 9.17) is 4.74 Å². The molecule has 1 aliphatic heterocycles. The smallest absolute Gasteiger partial charge is 0.234 e. The first-order valence-electron chi connectivity index (χ1n) is 10.5. The molecule has 0 bridgehead atoms. The van der Waals surface area contributed by atoms with Crippen LogP contribution >= 0.6 is 24.0 Å². The third-order valence-corrected chi connectivity index (χ3v) is 5.23. The minimum Gasteiger partial charge on any atom is -0.497 e. The van der Waals surface area contributed by atoms with E-state index in [-0.39, 0.29) is 29.9 Å². The normalized spacial score (nSPS) is 18.4. The van der Waals surface area contributed by atoms with E-state index in [1.165, 1.54) is 0 Å². The van der Waals surface area contributed by atoms with Crippen LogP contribution in [-0.2, 0) is 4.79 Å². The van der Waals surface area contributed by atoms with Crippen LogP contribution in [0.2, 0.25) is 0 Å². The van der Waals surface area contributed by atoms with E-state index in [1.54, 1.807) is 7.11 Å². The maximum atomic E-state index is 12.0. The summed E-state index contributed by atoms with van der Waals surface area (Å²) in [4.78, 5) is 21.0. The molecular weight excluding hydrogens is 497 g/mol. The van der Waals surface area contributed by atoms with Crippen molar-refractivity contribution < 1.29 is 14.6 Å². The molecule has 1 atom stereocenters. The number of guanidine groups is 1. The van der Waals surface area contributed by atoms with Gasteiger partial charge in [-0.3, -0.25) is 14.7 Å². The molecule has 1 heterocycles. The number of hydrogen-bond donors (Lipinski definition) is 3. The summed E-state index contributed by atoms with van der Waals surface area (Å²) in [6.45, 7) is 6.82. The molecule has 8 nitrogen and oxygen atoms in total. The minimum absolute atomic E-state index is 0. The highest BCUT2D eigenvalue weighted by Crippen LogP contribution is 2.19. The van der Waals surface area contributed by atoms with Crippen LogP contribution in [0.5, 0.6) is 5.75 Å². The van der Waals surface area contributed by atoms with E-state index in [0.717, 1.165) is 62.8 Å². The van der Waals surface area contributed by atoms with Gasteiger partial charge in [-0.05, 0) is 37.5 Å². The highest BCUT2D eigenvalue weighted by atomic mass is 127. The number of amides is 1. The zero-order chi connectivity index (χ0) is 20.6. The number of carbonyl (C=O) groups excluding carboxylic acids is 1. The number of rotatable bonds is 8. The van der Waals surface area contributed by atoms with E-state index in [0.29, 0.717) is 19.1 Å². The number of aliphatic hydroxyl groups excluding tert-OH is 1. The van der Waals surface area contributed by atoms with Crippen molar-refractivity contribution in [1.29, 1.82) is 0 Å². The molecule has 1 saturated heterocycles. The second-order valence-electron chi connectivity index (χ2n) is 7.59. The molecule has 2 fully saturated rings. The van der Waals surface area contributed by atoms with Gasteiger partial charge in [-0.15, -0.1) is 24.0 Å². The first kappa shape index (κ1) is 24.7. The summed E-state index contributed by atoms with van der Waals surface area (Å²) < 4.78 is 5.16. The van der Waals surface area contributed by atoms with Crippen LogP contribution in [0.1, 0.15) is 31.4 Å². The lowest BCUT2D eigenvalue weighted by Crippen LogP contribution is -2.54.